The molecule has 2 N–H and O–H groups in total. The van der Waals surface area contributed by atoms with Gasteiger partial charge in [-0.2, -0.15) is 0 Å². The van der Waals surface area contributed by atoms with E-state index in [1.165, 1.54) is 6.26 Å². The number of nitrogens with zero attached hydrogens (tertiary/aromatic N) is 1. The lowest BCUT2D eigenvalue weighted by Gasteiger charge is -2.32. The molecule has 1 saturated carbocycles. The Bertz CT molecular complexity index is 436. The van der Waals surface area contributed by atoms with Crippen molar-refractivity contribution in [1.29, 1.82) is 0 Å². The van der Waals surface area contributed by atoms with E-state index in [0.717, 1.165) is 19.3 Å². The molecule has 0 spiro atoms. The minimum Gasteiger partial charge on any atom is -0.481 e. The average Bonchev–Trinajstić information content (AvgIpc) is 2.90. The van der Waals surface area contributed by atoms with Gasteiger partial charge in [-0.05, 0) is 12.8 Å². The molecule has 1 heterocycles. The Morgan fingerprint density at radius 3 is 2.68 bits per heavy atom. The molecule has 1 aliphatic carbocycles. The van der Waals surface area contributed by atoms with E-state index < -0.39 is 11.4 Å². The van der Waals surface area contributed by atoms with Crippen LogP contribution < -0.4 is 5.32 Å². The molecule has 19 heavy (non-hydrogen) atoms. The highest BCUT2D eigenvalue weighted by Gasteiger charge is 2.41. The molecule has 2 rings (SSSR count). The summed E-state index contributed by atoms with van der Waals surface area (Å²) in [5.74, 6) is -1.10. The van der Waals surface area contributed by atoms with Crippen LogP contribution in [0.1, 0.15) is 44.2 Å². The van der Waals surface area contributed by atoms with Gasteiger partial charge >= 0.3 is 5.97 Å². The second-order valence-corrected chi connectivity index (χ2v) is 5.09. The fourth-order valence-corrected chi connectivity index (χ4v) is 2.58. The molecule has 0 saturated heterocycles. The molecule has 0 radical (unpaired) electrons. The molecule has 0 unspecified atom stereocenters. The van der Waals surface area contributed by atoms with Gasteiger partial charge in [0.25, 0.3) is 0 Å². The molecule has 6 nitrogen and oxygen atoms in total. The van der Waals surface area contributed by atoms with Gasteiger partial charge in [-0.25, -0.2) is 0 Å². The van der Waals surface area contributed by atoms with Gasteiger partial charge in [-0.1, -0.05) is 24.4 Å². The van der Waals surface area contributed by atoms with Crippen molar-refractivity contribution < 1.29 is 19.2 Å². The molecule has 0 aromatic carbocycles. The van der Waals surface area contributed by atoms with Crippen LogP contribution in [0.15, 0.2) is 16.9 Å². The number of carbonyl (C=O) groups is 2. The Morgan fingerprint density at radius 1 is 1.37 bits per heavy atom. The van der Waals surface area contributed by atoms with Crippen LogP contribution in [-0.2, 0) is 16.1 Å². The van der Waals surface area contributed by atoms with Crippen molar-refractivity contribution in [2.45, 2.75) is 45.1 Å². The van der Waals surface area contributed by atoms with Crippen molar-refractivity contribution in [3.8, 4) is 0 Å². The summed E-state index contributed by atoms with van der Waals surface area (Å²) in [4.78, 5) is 23.3. The highest BCUT2D eigenvalue weighted by atomic mass is 16.5. The van der Waals surface area contributed by atoms with Crippen molar-refractivity contribution in [1.82, 2.24) is 10.5 Å². The largest absolute Gasteiger partial charge is 0.481 e. The Hall–Kier alpha value is -1.85. The van der Waals surface area contributed by atoms with Gasteiger partial charge in [0.15, 0.2) is 0 Å². The minimum atomic E-state index is -0.883. The van der Waals surface area contributed by atoms with Crippen LogP contribution in [0.4, 0.5) is 0 Å². The van der Waals surface area contributed by atoms with Gasteiger partial charge < -0.3 is 14.9 Å². The zero-order chi connectivity index (χ0) is 13.7. The maximum Gasteiger partial charge on any atom is 0.310 e. The molecule has 1 aromatic heterocycles. The minimum absolute atomic E-state index is 0.0418. The standard InChI is InChI=1S/C13H18N2O4/c16-11(14-9-10-4-7-19-15-10)8-13(12(17)18)5-2-1-3-6-13/h4,7H,1-3,5-6,8-9H2,(H,14,16)(H,17,18). The normalized spacial score (nSPS) is 17.9. The van der Waals surface area contributed by atoms with Crippen molar-refractivity contribution >= 4 is 11.9 Å². The number of nitrogens with one attached hydrogen (secondary N) is 1. The predicted molar refractivity (Wildman–Crippen MR) is 66.1 cm³/mol. The third-order valence-electron chi connectivity index (χ3n) is 3.72. The number of rotatable bonds is 5. The van der Waals surface area contributed by atoms with Gasteiger partial charge in [0.05, 0.1) is 12.0 Å². The van der Waals surface area contributed by atoms with Crippen molar-refractivity contribution in [2.75, 3.05) is 0 Å². The number of hydrogen-bond acceptors (Lipinski definition) is 4. The molecular formula is C13H18N2O4. The Morgan fingerprint density at radius 2 is 2.11 bits per heavy atom. The van der Waals surface area contributed by atoms with Gasteiger partial charge in [-0.15, -0.1) is 0 Å². The number of amides is 1. The molecule has 0 atom stereocenters. The highest BCUT2D eigenvalue weighted by Crippen LogP contribution is 2.39. The molecule has 104 valence electrons. The summed E-state index contributed by atoms with van der Waals surface area (Å²) in [5.41, 5.74) is -0.257. The Balaban J connectivity index is 1.90. The van der Waals surface area contributed by atoms with E-state index >= 15 is 0 Å². The van der Waals surface area contributed by atoms with E-state index in [9.17, 15) is 14.7 Å². The quantitative estimate of drug-likeness (QED) is 0.846. The van der Waals surface area contributed by atoms with Crippen LogP contribution in [0.2, 0.25) is 0 Å². The summed E-state index contributed by atoms with van der Waals surface area (Å²) < 4.78 is 4.66. The molecule has 0 bridgehead atoms. The molecular weight excluding hydrogens is 248 g/mol. The third-order valence-corrected chi connectivity index (χ3v) is 3.72. The summed E-state index contributed by atoms with van der Waals surface area (Å²) in [5, 5.41) is 15.8. The van der Waals surface area contributed by atoms with E-state index in [0.29, 0.717) is 18.5 Å². The highest BCUT2D eigenvalue weighted by molar-refractivity contribution is 5.85. The second-order valence-electron chi connectivity index (χ2n) is 5.09. The van der Waals surface area contributed by atoms with E-state index in [4.69, 9.17) is 0 Å². The monoisotopic (exact) mass is 266 g/mol. The van der Waals surface area contributed by atoms with E-state index in [-0.39, 0.29) is 18.9 Å². The zero-order valence-corrected chi connectivity index (χ0v) is 10.7. The molecule has 1 aromatic rings. The van der Waals surface area contributed by atoms with E-state index in [1.54, 1.807) is 6.07 Å². The van der Waals surface area contributed by atoms with Gasteiger partial charge in [0.2, 0.25) is 5.91 Å². The van der Waals surface area contributed by atoms with Crippen molar-refractivity contribution in [3.05, 3.63) is 18.0 Å². The molecule has 1 fully saturated rings. The maximum absolute atomic E-state index is 11.9. The van der Waals surface area contributed by atoms with Crippen LogP contribution in [0.3, 0.4) is 0 Å². The van der Waals surface area contributed by atoms with Crippen LogP contribution in [0.25, 0.3) is 0 Å². The molecule has 0 aliphatic heterocycles. The van der Waals surface area contributed by atoms with Gasteiger partial charge in [0, 0.05) is 12.5 Å². The fraction of sp³-hybridized carbons (Fsp3) is 0.615. The van der Waals surface area contributed by atoms with Gasteiger partial charge in [-0.3, -0.25) is 9.59 Å². The third kappa shape index (κ3) is 3.33. The second kappa shape index (κ2) is 5.86. The number of carboxylic acids is 1. The SMILES string of the molecule is O=C(CC1(C(=O)O)CCCCC1)NCc1ccon1. The lowest BCUT2D eigenvalue weighted by molar-refractivity contribution is -0.154. The first-order valence-electron chi connectivity index (χ1n) is 6.52. The van der Waals surface area contributed by atoms with Crippen LogP contribution in [-0.4, -0.2) is 22.1 Å². The zero-order valence-electron chi connectivity index (χ0n) is 10.7. The van der Waals surface area contributed by atoms with Crippen LogP contribution in [0.5, 0.6) is 0 Å². The first kappa shape index (κ1) is 13.6. The van der Waals surface area contributed by atoms with Crippen LogP contribution >= 0.6 is 0 Å². The first-order chi connectivity index (χ1) is 9.12. The summed E-state index contributed by atoms with van der Waals surface area (Å²) >= 11 is 0. The summed E-state index contributed by atoms with van der Waals surface area (Å²) in [6, 6.07) is 1.66. The van der Waals surface area contributed by atoms with E-state index in [1.807, 2.05) is 0 Å². The first-order valence-corrected chi connectivity index (χ1v) is 6.52. The number of aliphatic carboxylic acids is 1. The Labute approximate surface area is 111 Å². The molecule has 1 amide bonds. The lowest BCUT2D eigenvalue weighted by Crippen LogP contribution is -2.39. The number of carboxylic acid groups (broad SMARTS) is 1. The maximum atomic E-state index is 11.9. The smallest absolute Gasteiger partial charge is 0.310 e. The van der Waals surface area contributed by atoms with Crippen LogP contribution in [0, 0.1) is 5.41 Å². The number of aromatic nitrogens is 1. The topological polar surface area (TPSA) is 92.4 Å². The molecule has 6 heteroatoms. The lowest BCUT2D eigenvalue weighted by atomic mass is 9.71. The van der Waals surface area contributed by atoms with Gasteiger partial charge in [0.1, 0.15) is 12.0 Å². The summed E-state index contributed by atoms with van der Waals surface area (Å²) in [6.45, 7) is 0.269. The summed E-state index contributed by atoms with van der Waals surface area (Å²) in [6.07, 6.45) is 5.45. The number of hydrogen-bond donors (Lipinski definition) is 2. The molecule has 1 aliphatic rings. The number of carbonyl (C=O) groups excluding carboxylic acids is 1. The van der Waals surface area contributed by atoms with Crippen molar-refractivity contribution in [2.24, 2.45) is 5.41 Å². The van der Waals surface area contributed by atoms with E-state index in [2.05, 4.69) is 15.0 Å². The summed E-state index contributed by atoms with van der Waals surface area (Å²) in [7, 11) is 0. The Kier molecular flexibility index (Phi) is 4.19. The fourth-order valence-electron chi connectivity index (χ4n) is 2.58. The van der Waals surface area contributed by atoms with Crippen molar-refractivity contribution in [3.63, 3.8) is 0 Å². The average molecular weight is 266 g/mol. The predicted octanol–water partition coefficient (Wildman–Crippen LogP) is 1.72.